The van der Waals surface area contributed by atoms with Crippen LogP contribution in [0, 0.1) is 5.92 Å². The number of nitrogens with one attached hydrogen (secondary N) is 2. The highest BCUT2D eigenvalue weighted by molar-refractivity contribution is 14.0. The first-order valence-electron chi connectivity index (χ1n) is 9.49. The zero-order valence-electron chi connectivity index (χ0n) is 16.4. The third-order valence-electron chi connectivity index (χ3n) is 4.34. The predicted molar refractivity (Wildman–Crippen MR) is 122 cm³/mol. The van der Waals surface area contributed by atoms with Crippen molar-refractivity contribution in [3.63, 3.8) is 0 Å². The van der Waals surface area contributed by atoms with Crippen LogP contribution < -0.4 is 10.6 Å². The molecular weight excluding hydrogens is 493 g/mol. The first-order valence-corrected chi connectivity index (χ1v) is 11.1. The van der Waals surface area contributed by atoms with E-state index in [0.717, 1.165) is 39.2 Å². The van der Waals surface area contributed by atoms with Crippen molar-refractivity contribution in [3.05, 3.63) is 30.3 Å². The topological polar surface area (TPSA) is 89.0 Å². The van der Waals surface area contributed by atoms with Gasteiger partial charge in [-0.05, 0) is 31.4 Å². The van der Waals surface area contributed by atoms with Gasteiger partial charge in [0.25, 0.3) is 0 Å². The number of sulfone groups is 1. The Labute approximate surface area is 185 Å². The number of rotatable bonds is 11. The van der Waals surface area contributed by atoms with Crippen LogP contribution in [0.2, 0.25) is 0 Å². The smallest absolute Gasteiger partial charge is 0.190 e. The maximum absolute atomic E-state index is 12.2. The molecule has 0 bridgehead atoms. The van der Waals surface area contributed by atoms with E-state index in [4.69, 9.17) is 9.47 Å². The molecule has 0 radical (unpaired) electrons. The van der Waals surface area contributed by atoms with E-state index in [1.165, 1.54) is 0 Å². The summed E-state index contributed by atoms with van der Waals surface area (Å²) in [4.78, 5) is 4.52. The van der Waals surface area contributed by atoms with Gasteiger partial charge in [0, 0.05) is 39.3 Å². The van der Waals surface area contributed by atoms with Gasteiger partial charge in [0.2, 0.25) is 0 Å². The molecule has 0 spiro atoms. The van der Waals surface area contributed by atoms with E-state index < -0.39 is 9.84 Å². The minimum atomic E-state index is -3.23. The van der Waals surface area contributed by atoms with E-state index in [2.05, 4.69) is 15.6 Å². The van der Waals surface area contributed by atoms with Gasteiger partial charge in [-0.2, -0.15) is 0 Å². The van der Waals surface area contributed by atoms with Gasteiger partial charge < -0.3 is 20.1 Å². The molecule has 0 amide bonds. The summed E-state index contributed by atoms with van der Waals surface area (Å²) in [5, 5.41) is 6.36. The lowest BCUT2D eigenvalue weighted by atomic mass is 10.1. The molecule has 2 N–H and O–H groups in total. The minimum absolute atomic E-state index is 0. The molecule has 1 aliphatic heterocycles. The maximum atomic E-state index is 12.2. The van der Waals surface area contributed by atoms with Crippen LogP contribution in [-0.4, -0.2) is 66.7 Å². The Kier molecular flexibility index (Phi) is 12.7. The van der Waals surface area contributed by atoms with Gasteiger partial charge in [-0.25, -0.2) is 8.42 Å². The second-order valence-electron chi connectivity index (χ2n) is 6.57. The Morgan fingerprint density at radius 3 is 2.57 bits per heavy atom. The van der Waals surface area contributed by atoms with E-state index in [9.17, 15) is 8.42 Å². The molecule has 1 aliphatic rings. The molecule has 1 atom stereocenters. The average Bonchev–Trinajstić information content (AvgIpc) is 3.20. The number of guanidine groups is 1. The Hall–Kier alpha value is -0.910. The largest absolute Gasteiger partial charge is 0.381 e. The standard InChI is InChI=1S/C19H31N3O4S.HI/c1-20-19(21-10-5-12-25-15-17-9-13-26-16-17)22-11-6-14-27(23,24)18-7-3-2-4-8-18;/h2-4,7-8,17H,5-6,9-16H2,1H3,(H2,20,21,22);1H. The fraction of sp³-hybridized carbons (Fsp3) is 0.632. The summed E-state index contributed by atoms with van der Waals surface area (Å²) in [5.74, 6) is 1.33. The normalized spacial score (nSPS) is 17.2. The Morgan fingerprint density at radius 2 is 1.93 bits per heavy atom. The summed E-state index contributed by atoms with van der Waals surface area (Å²) in [5.41, 5.74) is 0. The lowest BCUT2D eigenvalue weighted by molar-refractivity contribution is 0.0888. The van der Waals surface area contributed by atoms with Crippen LogP contribution >= 0.6 is 24.0 Å². The second-order valence-corrected chi connectivity index (χ2v) is 8.68. The summed E-state index contributed by atoms with van der Waals surface area (Å²) in [6, 6.07) is 8.55. The first kappa shape index (κ1) is 25.1. The molecule has 7 nitrogen and oxygen atoms in total. The number of ether oxygens (including phenoxy) is 2. The zero-order valence-corrected chi connectivity index (χ0v) is 19.6. The van der Waals surface area contributed by atoms with Crippen molar-refractivity contribution in [1.82, 2.24) is 10.6 Å². The number of nitrogens with zero attached hydrogens (tertiary/aromatic N) is 1. The monoisotopic (exact) mass is 525 g/mol. The summed E-state index contributed by atoms with van der Waals surface area (Å²) < 4.78 is 35.4. The quantitative estimate of drug-likeness (QED) is 0.199. The van der Waals surface area contributed by atoms with Gasteiger partial charge in [-0.15, -0.1) is 24.0 Å². The van der Waals surface area contributed by atoms with Crippen LogP contribution in [0.3, 0.4) is 0 Å². The highest BCUT2D eigenvalue weighted by Gasteiger charge is 2.15. The van der Waals surface area contributed by atoms with Crippen molar-refractivity contribution < 1.29 is 17.9 Å². The number of hydrogen-bond acceptors (Lipinski definition) is 5. The molecule has 0 aromatic heterocycles. The minimum Gasteiger partial charge on any atom is -0.381 e. The lowest BCUT2D eigenvalue weighted by Crippen LogP contribution is -2.38. The molecule has 2 rings (SSSR count). The Balaban J connectivity index is 0.00000392. The Bertz CT molecular complexity index is 665. The van der Waals surface area contributed by atoms with Crippen molar-refractivity contribution in [2.24, 2.45) is 10.9 Å². The fourth-order valence-corrected chi connectivity index (χ4v) is 4.11. The van der Waals surface area contributed by atoms with E-state index in [0.29, 0.717) is 36.3 Å². The van der Waals surface area contributed by atoms with Crippen LogP contribution in [0.1, 0.15) is 19.3 Å². The average molecular weight is 525 g/mol. The molecule has 1 heterocycles. The molecule has 1 fully saturated rings. The third kappa shape index (κ3) is 9.53. The molecule has 160 valence electrons. The first-order chi connectivity index (χ1) is 13.1. The van der Waals surface area contributed by atoms with Gasteiger partial charge in [-0.3, -0.25) is 4.99 Å². The maximum Gasteiger partial charge on any atom is 0.190 e. The van der Waals surface area contributed by atoms with Crippen molar-refractivity contribution >= 4 is 39.8 Å². The van der Waals surface area contributed by atoms with Gasteiger partial charge in [0.15, 0.2) is 15.8 Å². The van der Waals surface area contributed by atoms with Crippen molar-refractivity contribution in [1.29, 1.82) is 0 Å². The van der Waals surface area contributed by atoms with E-state index in [1.807, 2.05) is 6.07 Å². The summed E-state index contributed by atoms with van der Waals surface area (Å²) in [6.45, 7) is 4.44. The summed E-state index contributed by atoms with van der Waals surface area (Å²) >= 11 is 0. The number of halogens is 1. The highest BCUT2D eigenvalue weighted by Crippen LogP contribution is 2.12. The number of aliphatic imine (C=N–C) groups is 1. The SMILES string of the molecule is CN=C(NCCCOCC1CCOC1)NCCCS(=O)(=O)c1ccccc1.I. The van der Waals surface area contributed by atoms with Gasteiger partial charge in [-0.1, -0.05) is 18.2 Å². The highest BCUT2D eigenvalue weighted by atomic mass is 127. The molecule has 1 aromatic carbocycles. The zero-order chi connectivity index (χ0) is 19.4. The molecule has 0 aliphatic carbocycles. The molecule has 0 saturated carbocycles. The molecule has 28 heavy (non-hydrogen) atoms. The Morgan fingerprint density at radius 1 is 1.21 bits per heavy atom. The van der Waals surface area contributed by atoms with Crippen LogP contribution in [0.5, 0.6) is 0 Å². The molecule has 9 heteroatoms. The van der Waals surface area contributed by atoms with Crippen molar-refractivity contribution in [2.45, 2.75) is 24.2 Å². The van der Waals surface area contributed by atoms with E-state index >= 15 is 0 Å². The van der Waals surface area contributed by atoms with Crippen LogP contribution in [0.4, 0.5) is 0 Å². The fourth-order valence-electron chi connectivity index (χ4n) is 2.78. The van der Waals surface area contributed by atoms with Crippen molar-refractivity contribution in [3.8, 4) is 0 Å². The lowest BCUT2D eigenvalue weighted by Gasteiger charge is -2.12. The molecule has 1 unspecified atom stereocenters. The summed E-state index contributed by atoms with van der Waals surface area (Å²) in [6.07, 6.45) is 2.50. The summed E-state index contributed by atoms with van der Waals surface area (Å²) in [7, 11) is -1.52. The van der Waals surface area contributed by atoms with Crippen LogP contribution in [0.25, 0.3) is 0 Å². The second kappa shape index (κ2) is 14.1. The van der Waals surface area contributed by atoms with Crippen LogP contribution in [-0.2, 0) is 19.3 Å². The van der Waals surface area contributed by atoms with Crippen LogP contribution in [0.15, 0.2) is 40.2 Å². The predicted octanol–water partition coefficient (Wildman–Crippen LogP) is 2.08. The van der Waals surface area contributed by atoms with Gasteiger partial charge in [0.05, 0.1) is 23.9 Å². The third-order valence-corrected chi connectivity index (χ3v) is 6.16. The molecule has 1 saturated heterocycles. The molecular formula is C19H32IN3O4S. The van der Waals surface area contributed by atoms with Gasteiger partial charge in [0.1, 0.15) is 0 Å². The van der Waals surface area contributed by atoms with E-state index in [1.54, 1.807) is 31.3 Å². The number of hydrogen-bond donors (Lipinski definition) is 2. The molecule has 1 aromatic rings. The van der Waals surface area contributed by atoms with Crippen molar-refractivity contribution in [2.75, 3.05) is 52.3 Å². The number of benzene rings is 1. The van der Waals surface area contributed by atoms with E-state index in [-0.39, 0.29) is 29.7 Å². The van der Waals surface area contributed by atoms with Gasteiger partial charge >= 0.3 is 0 Å².